The molecule has 1 fully saturated rings. The van der Waals surface area contributed by atoms with Gasteiger partial charge in [0, 0.05) is 19.3 Å². The van der Waals surface area contributed by atoms with E-state index in [1.165, 1.54) is 12.1 Å². The maximum absolute atomic E-state index is 11.5. The summed E-state index contributed by atoms with van der Waals surface area (Å²) in [6, 6.07) is 4.66. The smallest absolute Gasteiger partial charge is 0.222 e. The van der Waals surface area contributed by atoms with Crippen molar-refractivity contribution in [2.24, 2.45) is 11.7 Å². The molecule has 5 nitrogen and oxygen atoms in total. The maximum Gasteiger partial charge on any atom is 0.222 e. The molecule has 1 aliphatic rings. The third-order valence-corrected chi connectivity index (χ3v) is 4.92. The van der Waals surface area contributed by atoms with Crippen molar-refractivity contribution < 1.29 is 13.2 Å². The summed E-state index contributed by atoms with van der Waals surface area (Å²) in [6.45, 7) is 1.30. The van der Waals surface area contributed by atoms with Crippen molar-refractivity contribution in [3.8, 4) is 0 Å². The number of piperidine rings is 1. The van der Waals surface area contributed by atoms with Gasteiger partial charge in [-0.05, 0) is 31.0 Å². The van der Waals surface area contributed by atoms with Crippen LogP contribution in [0.2, 0.25) is 5.02 Å². The first-order valence-electron chi connectivity index (χ1n) is 6.33. The highest BCUT2D eigenvalue weighted by Gasteiger charge is 2.25. The number of hydrogen-bond acceptors (Lipinski definition) is 4. The molecule has 2 rings (SSSR count). The SMILES string of the molecule is CS(=O)(=O)c1ccc(N2CCC[C@H](C(N)=O)C2)c(Cl)c1. The van der Waals surface area contributed by atoms with E-state index in [0.717, 1.165) is 31.3 Å². The third-order valence-electron chi connectivity index (χ3n) is 3.51. The van der Waals surface area contributed by atoms with E-state index in [9.17, 15) is 13.2 Å². The van der Waals surface area contributed by atoms with Gasteiger partial charge in [0.2, 0.25) is 5.91 Å². The van der Waals surface area contributed by atoms with Crippen molar-refractivity contribution in [2.45, 2.75) is 17.7 Å². The highest BCUT2D eigenvalue weighted by Crippen LogP contribution is 2.31. The van der Waals surface area contributed by atoms with Crippen molar-refractivity contribution in [3.63, 3.8) is 0 Å². The zero-order chi connectivity index (χ0) is 14.9. The second-order valence-electron chi connectivity index (χ2n) is 5.07. The topological polar surface area (TPSA) is 80.5 Å². The van der Waals surface area contributed by atoms with Gasteiger partial charge in [-0.1, -0.05) is 11.6 Å². The molecule has 1 aliphatic heterocycles. The van der Waals surface area contributed by atoms with Crippen LogP contribution < -0.4 is 10.6 Å². The number of nitrogens with zero attached hydrogens (tertiary/aromatic N) is 1. The number of sulfone groups is 1. The van der Waals surface area contributed by atoms with E-state index >= 15 is 0 Å². The molecule has 1 saturated heterocycles. The van der Waals surface area contributed by atoms with E-state index in [1.54, 1.807) is 6.07 Å². The Morgan fingerprint density at radius 3 is 2.70 bits per heavy atom. The number of primary amides is 1. The van der Waals surface area contributed by atoms with Crippen molar-refractivity contribution in [1.29, 1.82) is 0 Å². The van der Waals surface area contributed by atoms with Gasteiger partial charge in [-0.3, -0.25) is 4.79 Å². The Kier molecular flexibility index (Phi) is 4.25. The van der Waals surface area contributed by atoms with Crippen LogP contribution in [0.4, 0.5) is 5.69 Å². The molecule has 1 aromatic carbocycles. The summed E-state index contributed by atoms with van der Waals surface area (Å²) >= 11 is 6.17. The minimum atomic E-state index is -3.27. The number of halogens is 1. The summed E-state index contributed by atoms with van der Waals surface area (Å²) in [4.78, 5) is 13.5. The average molecular weight is 317 g/mol. The van der Waals surface area contributed by atoms with Crippen molar-refractivity contribution >= 4 is 33.0 Å². The van der Waals surface area contributed by atoms with Crippen LogP contribution in [-0.4, -0.2) is 33.7 Å². The zero-order valence-corrected chi connectivity index (χ0v) is 12.7. The predicted molar refractivity (Wildman–Crippen MR) is 78.7 cm³/mol. The number of nitrogens with two attached hydrogens (primary N) is 1. The maximum atomic E-state index is 11.5. The number of carbonyl (C=O) groups excluding carboxylic acids is 1. The van der Waals surface area contributed by atoms with Gasteiger partial charge in [0.1, 0.15) is 0 Å². The van der Waals surface area contributed by atoms with E-state index in [1.807, 2.05) is 4.90 Å². The summed E-state index contributed by atoms with van der Waals surface area (Å²) in [5, 5.41) is 0.373. The molecule has 20 heavy (non-hydrogen) atoms. The molecule has 0 aliphatic carbocycles. The number of benzene rings is 1. The van der Waals surface area contributed by atoms with Gasteiger partial charge in [-0.15, -0.1) is 0 Å². The van der Waals surface area contributed by atoms with E-state index in [2.05, 4.69) is 0 Å². The van der Waals surface area contributed by atoms with Crippen LogP contribution >= 0.6 is 11.6 Å². The quantitative estimate of drug-likeness (QED) is 0.915. The lowest BCUT2D eigenvalue weighted by atomic mass is 9.97. The molecular weight excluding hydrogens is 300 g/mol. The highest BCUT2D eigenvalue weighted by atomic mass is 35.5. The lowest BCUT2D eigenvalue weighted by Gasteiger charge is -2.33. The molecule has 0 saturated carbocycles. The molecule has 7 heteroatoms. The molecule has 1 heterocycles. The van der Waals surface area contributed by atoms with Gasteiger partial charge >= 0.3 is 0 Å². The highest BCUT2D eigenvalue weighted by molar-refractivity contribution is 7.90. The average Bonchev–Trinajstić information content (AvgIpc) is 2.37. The fraction of sp³-hybridized carbons (Fsp3) is 0.462. The van der Waals surface area contributed by atoms with Crippen LogP contribution in [0.15, 0.2) is 23.1 Å². The Morgan fingerprint density at radius 2 is 2.15 bits per heavy atom. The van der Waals surface area contributed by atoms with Crippen LogP contribution in [0, 0.1) is 5.92 Å². The second kappa shape index (κ2) is 5.61. The monoisotopic (exact) mass is 316 g/mol. The fourth-order valence-electron chi connectivity index (χ4n) is 2.40. The molecule has 0 unspecified atom stereocenters. The predicted octanol–water partition coefficient (Wildman–Crippen LogP) is 1.45. The molecule has 1 aromatic rings. The largest absolute Gasteiger partial charge is 0.370 e. The summed E-state index contributed by atoms with van der Waals surface area (Å²) in [5.74, 6) is -0.493. The van der Waals surface area contributed by atoms with Crippen molar-refractivity contribution in [1.82, 2.24) is 0 Å². The third kappa shape index (κ3) is 3.24. The summed E-state index contributed by atoms with van der Waals surface area (Å²) in [6.07, 6.45) is 2.78. The van der Waals surface area contributed by atoms with E-state index in [0.29, 0.717) is 11.6 Å². The number of amides is 1. The van der Waals surface area contributed by atoms with E-state index < -0.39 is 9.84 Å². The Balaban J connectivity index is 2.27. The first-order valence-corrected chi connectivity index (χ1v) is 8.60. The molecular formula is C13H17ClN2O3S. The molecule has 2 N–H and O–H groups in total. The Labute approximate surface area is 123 Å². The van der Waals surface area contributed by atoms with Crippen molar-refractivity contribution in [2.75, 3.05) is 24.2 Å². The molecule has 1 atom stereocenters. The lowest BCUT2D eigenvalue weighted by molar-refractivity contribution is -0.122. The molecule has 0 aromatic heterocycles. The fourth-order valence-corrected chi connectivity index (χ4v) is 3.41. The molecule has 110 valence electrons. The Hall–Kier alpha value is -1.27. The molecule has 0 bridgehead atoms. The van der Waals surface area contributed by atoms with Gasteiger partial charge in [0.05, 0.1) is 21.5 Å². The first-order chi connectivity index (χ1) is 9.29. The van der Waals surface area contributed by atoms with E-state index in [-0.39, 0.29) is 16.7 Å². The number of rotatable bonds is 3. The zero-order valence-electron chi connectivity index (χ0n) is 11.2. The number of anilines is 1. The van der Waals surface area contributed by atoms with Gasteiger partial charge in [0.25, 0.3) is 0 Å². The van der Waals surface area contributed by atoms with E-state index in [4.69, 9.17) is 17.3 Å². The van der Waals surface area contributed by atoms with Gasteiger partial charge < -0.3 is 10.6 Å². The van der Waals surface area contributed by atoms with Crippen LogP contribution in [-0.2, 0) is 14.6 Å². The van der Waals surface area contributed by atoms with Gasteiger partial charge in [-0.2, -0.15) is 0 Å². The molecule has 0 spiro atoms. The lowest BCUT2D eigenvalue weighted by Crippen LogP contribution is -2.41. The summed E-state index contributed by atoms with van der Waals surface area (Å²) in [5.41, 5.74) is 6.09. The van der Waals surface area contributed by atoms with Crippen molar-refractivity contribution in [3.05, 3.63) is 23.2 Å². The second-order valence-corrected chi connectivity index (χ2v) is 7.50. The normalized spacial score (nSPS) is 19.9. The molecule has 1 amide bonds. The van der Waals surface area contributed by atoms with Crippen LogP contribution in [0.1, 0.15) is 12.8 Å². The molecule has 0 radical (unpaired) electrons. The number of hydrogen-bond donors (Lipinski definition) is 1. The van der Waals surface area contributed by atoms with Crippen LogP contribution in [0.3, 0.4) is 0 Å². The first kappa shape index (κ1) is 15.1. The minimum absolute atomic E-state index is 0.186. The van der Waals surface area contributed by atoms with Crippen LogP contribution in [0.25, 0.3) is 0 Å². The van der Waals surface area contributed by atoms with Gasteiger partial charge in [0.15, 0.2) is 9.84 Å². The minimum Gasteiger partial charge on any atom is -0.370 e. The Bertz CT molecular complexity index is 631. The van der Waals surface area contributed by atoms with Gasteiger partial charge in [-0.25, -0.2) is 8.42 Å². The standard InChI is InChI=1S/C13H17ClN2O3S/c1-20(18,19)10-4-5-12(11(14)7-10)16-6-2-3-9(8-16)13(15)17/h4-5,7,9H,2-3,6,8H2,1H3,(H2,15,17)/t9-/m0/s1. The van der Waals surface area contributed by atoms with Crippen LogP contribution in [0.5, 0.6) is 0 Å². The Morgan fingerprint density at radius 1 is 1.45 bits per heavy atom. The summed E-state index contributed by atoms with van der Waals surface area (Å²) < 4.78 is 23.0. The number of carbonyl (C=O) groups is 1. The summed E-state index contributed by atoms with van der Waals surface area (Å²) in [7, 11) is -3.27.